The summed E-state index contributed by atoms with van der Waals surface area (Å²) in [5.74, 6) is 0.291. The molecule has 0 aliphatic carbocycles. The van der Waals surface area contributed by atoms with E-state index in [4.69, 9.17) is 5.73 Å². The number of benzene rings is 1. The maximum Gasteiger partial charge on any atom is 0.217 e. The molecular weight excluding hydrogens is 238 g/mol. The number of carbonyl (C=O) groups is 1. The molecule has 1 fully saturated rings. The largest absolute Gasteiger partial charge is 0.371 e. The topological polar surface area (TPSA) is 58.4 Å². The van der Waals surface area contributed by atoms with Crippen molar-refractivity contribution < 1.29 is 4.79 Å². The molecule has 0 atom stereocenters. The first-order valence-electron chi connectivity index (χ1n) is 6.96. The molecule has 1 aliphatic rings. The highest BCUT2D eigenvalue weighted by molar-refractivity contribution is 5.74. The van der Waals surface area contributed by atoms with Crippen molar-refractivity contribution in [2.24, 2.45) is 11.7 Å². The van der Waals surface area contributed by atoms with Gasteiger partial charge >= 0.3 is 0 Å². The summed E-state index contributed by atoms with van der Waals surface area (Å²) in [5, 5.41) is 3.21. The summed E-state index contributed by atoms with van der Waals surface area (Å²) >= 11 is 0. The number of rotatable bonds is 5. The second-order valence-corrected chi connectivity index (χ2v) is 5.26. The molecule has 19 heavy (non-hydrogen) atoms. The second kappa shape index (κ2) is 6.57. The van der Waals surface area contributed by atoms with E-state index in [9.17, 15) is 4.79 Å². The van der Waals surface area contributed by atoms with Crippen LogP contribution < -0.4 is 16.0 Å². The third-order valence-electron chi connectivity index (χ3n) is 3.80. The second-order valence-electron chi connectivity index (χ2n) is 5.26. The molecule has 1 aromatic rings. The summed E-state index contributed by atoms with van der Waals surface area (Å²) in [7, 11) is 1.97. The minimum atomic E-state index is -0.172. The van der Waals surface area contributed by atoms with Gasteiger partial charge < -0.3 is 16.0 Å². The molecule has 0 bridgehead atoms. The smallest absolute Gasteiger partial charge is 0.217 e. The van der Waals surface area contributed by atoms with Crippen molar-refractivity contribution >= 4 is 11.6 Å². The van der Waals surface area contributed by atoms with Gasteiger partial charge in [0.25, 0.3) is 0 Å². The van der Waals surface area contributed by atoms with Crippen molar-refractivity contribution in [3.05, 3.63) is 29.8 Å². The van der Waals surface area contributed by atoms with Crippen molar-refractivity contribution in [2.75, 3.05) is 25.0 Å². The van der Waals surface area contributed by atoms with Crippen molar-refractivity contribution in [3.63, 3.8) is 0 Å². The fraction of sp³-hybridized carbons (Fsp3) is 0.533. The van der Waals surface area contributed by atoms with Gasteiger partial charge in [-0.1, -0.05) is 18.2 Å². The third-order valence-corrected chi connectivity index (χ3v) is 3.80. The Kier molecular flexibility index (Phi) is 4.80. The summed E-state index contributed by atoms with van der Waals surface area (Å²) < 4.78 is 0. The Hall–Kier alpha value is -1.55. The molecule has 3 N–H and O–H groups in total. The van der Waals surface area contributed by atoms with Crippen LogP contribution in [0.4, 0.5) is 5.69 Å². The van der Waals surface area contributed by atoms with E-state index in [0.717, 1.165) is 32.5 Å². The van der Waals surface area contributed by atoms with E-state index < -0.39 is 0 Å². The lowest BCUT2D eigenvalue weighted by Crippen LogP contribution is -2.35. The first-order chi connectivity index (χ1) is 9.20. The molecule has 104 valence electrons. The standard InChI is InChI=1S/C15H23N3O/c1-17-11-13-4-2-3-5-14(13)18-8-6-12(7-9-18)10-15(16)19/h2-5,12,17H,6-11H2,1H3,(H2,16,19). The maximum atomic E-state index is 11.0. The highest BCUT2D eigenvalue weighted by Gasteiger charge is 2.21. The summed E-state index contributed by atoms with van der Waals surface area (Å²) in [6.07, 6.45) is 2.64. The molecule has 2 rings (SSSR count). The lowest BCUT2D eigenvalue weighted by molar-refractivity contribution is -0.119. The SMILES string of the molecule is CNCc1ccccc1N1CCC(CC(N)=O)CC1. The zero-order valence-electron chi connectivity index (χ0n) is 11.6. The Balaban J connectivity index is 1.99. The van der Waals surface area contributed by atoms with Gasteiger partial charge in [0.1, 0.15) is 0 Å². The zero-order chi connectivity index (χ0) is 13.7. The average Bonchev–Trinajstić information content (AvgIpc) is 2.40. The Morgan fingerprint density at radius 2 is 2.05 bits per heavy atom. The molecular formula is C15H23N3O. The summed E-state index contributed by atoms with van der Waals surface area (Å²) in [6.45, 7) is 2.91. The quantitative estimate of drug-likeness (QED) is 0.844. The van der Waals surface area contributed by atoms with Crippen LogP contribution in [0, 0.1) is 5.92 Å². The molecule has 0 unspecified atom stereocenters. The lowest BCUT2D eigenvalue weighted by atomic mass is 9.92. The van der Waals surface area contributed by atoms with Gasteiger partial charge in [0, 0.05) is 31.7 Å². The van der Waals surface area contributed by atoms with Crippen LogP contribution in [-0.4, -0.2) is 26.0 Å². The minimum Gasteiger partial charge on any atom is -0.371 e. The zero-order valence-corrected chi connectivity index (χ0v) is 11.6. The predicted molar refractivity (Wildman–Crippen MR) is 78.0 cm³/mol. The molecule has 1 heterocycles. The average molecular weight is 261 g/mol. The van der Waals surface area contributed by atoms with Crippen molar-refractivity contribution in [1.29, 1.82) is 0 Å². The van der Waals surface area contributed by atoms with Gasteiger partial charge in [0.15, 0.2) is 0 Å². The van der Waals surface area contributed by atoms with Gasteiger partial charge in [0.05, 0.1) is 0 Å². The molecule has 1 aliphatic heterocycles. The van der Waals surface area contributed by atoms with Gasteiger partial charge in [-0.05, 0) is 37.4 Å². The van der Waals surface area contributed by atoms with Crippen LogP contribution in [-0.2, 0) is 11.3 Å². The Labute approximate surface area is 115 Å². The van der Waals surface area contributed by atoms with Crippen LogP contribution >= 0.6 is 0 Å². The molecule has 0 spiro atoms. The van der Waals surface area contributed by atoms with E-state index in [2.05, 4.69) is 34.5 Å². The van der Waals surface area contributed by atoms with Crippen LogP contribution in [0.15, 0.2) is 24.3 Å². The van der Waals surface area contributed by atoms with Crippen LogP contribution in [0.3, 0.4) is 0 Å². The number of amides is 1. The monoisotopic (exact) mass is 261 g/mol. The van der Waals surface area contributed by atoms with E-state index in [1.54, 1.807) is 0 Å². The van der Waals surface area contributed by atoms with Crippen molar-refractivity contribution in [3.8, 4) is 0 Å². The molecule has 4 heteroatoms. The third kappa shape index (κ3) is 3.70. The number of primary amides is 1. The molecule has 0 aromatic heterocycles. The number of nitrogens with two attached hydrogens (primary N) is 1. The maximum absolute atomic E-state index is 11.0. The predicted octanol–water partition coefficient (Wildman–Crippen LogP) is 1.50. The van der Waals surface area contributed by atoms with Gasteiger partial charge in [0.2, 0.25) is 5.91 Å². The lowest BCUT2D eigenvalue weighted by Gasteiger charge is -2.34. The van der Waals surface area contributed by atoms with E-state index >= 15 is 0 Å². The van der Waals surface area contributed by atoms with Crippen LogP contribution in [0.5, 0.6) is 0 Å². The van der Waals surface area contributed by atoms with Gasteiger partial charge in [-0.2, -0.15) is 0 Å². The number of nitrogens with zero attached hydrogens (tertiary/aromatic N) is 1. The summed E-state index contributed by atoms with van der Waals surface area (Å²) in [6, 6.07) is 8.52. The molecule has 1 saturated heterocycles. The van der Waals surface area contributed by atoms with Crippen LogP contribution in [0.1, 0.15) is 24.8 Å². The number of hydrogen-bond acceptors (Lipinski definition) is 3. The number of nitrogens with one attached hydrogen (secondary N) is 1. The van der Waals surface area contributed by atoms with Crippen LogP contribution in [0.25, 0.3) is 0 Å². The summed E-state index contributed by atoms with van der Waals surface area (Å²) in [5.41, 5.74) is 7.92. The van der Waals surface area contributed by atoms with E-state index in [1.807, 2.05) is 7.05 Å². The first kappa shape index (κ1) is 13.9. The summed E-state index contributed by atoms with van der Waals surface area (Å²) in [4.78, 5) is 13.4. The first-order valence-corrected chi connectivity index (χ1v) is 6.96. The van der Waals surface area contributed by atoms with Gasteiger partial charge in [-0.15, -0.1) is 0 Å². The molecule has 0 saturated carbocycles. The number of piperidine rings is 1. The molecule has 1 amide bonds. The van der Waals surface area contributed by atoms with Crippen molar-refractivity contribution in [1.82, 2.24) is 5.32 Å². The van der Waals surface area contributed by atoms with E-state index in [0.29, 0.717) is 12.3 Å². The van der Waals surface area contributed by atoms with Crippen molar-refractivity contribution in [2.45, 2.75) is 25.8 Å². The van der Waals surface area contributed by atoms with Crippen LogP contribution in [0.2, 0.25) is 0 Å². The molecule has 4 nitrogen and oxygen atoms in total. The fourth-order valence-corrected chi connectivity index (χ4v) is 2.82. The Morgan fingerprint density at radius 1 is 1.37 bits per heavy atom. The highest BCUT2D eigenvalue weighted by Crippen LogP contribution is 2.27. The minimum absolute atomic E-state index is 0.172. The fourth-order valence-electron chi connectivity index (χ4n) is 2.82. The molecule has 0 radical (unpaired) electrons. The number of carbonyl (C=O) groups excluding carboxylic acids is 1. The number of hydrogen-bond donors (Lipinski definition) is 2. The number of para-hydroxylation sites is 1. The Bertz CT molecular complexity index is 425. The van der Waals surface area contributed by atoms with Gasteiger partial charge in [-0.25, -0.2) is 0 Å². The highest BCUT2D eigenvalue weighted by atomic mass is 16.1. The molecule has 1 aromatic carbocycles. The number of anilines is 1. The van der Waals surface area contributed by atoms with E-state index in [1.165, 1.54) is 11.3 Å². The normalized spacial score (nSPS) is 16.6. The van der Waals surface area contributed by atoms with Gasteiger partial charge in [-0.3, -0.25) is 4.79 Å². The van der Waals surface area contributed by atoms with E-state index in [-0.39, 0.29) is 5.91 Å². The Morgan fingerprint density at radius 3 is 2.68 bits per heavy atom.